The minimum Gasteiger partial charge on any atom is -0.462 e. The second-order valence-corrected chi connectivity index (χ2v) is 3.92. The summed E-state index contributed by atoms with van der Waals surface area (Å²) in [6, 6.07) is -0.489. The summed E-state index contributed by atoms with van der Waals surface area (Å²) in [5, 5.41) is 4.96. The highest BCUT2D eigenvalue weighted by molar-refractivity contribution is 6.00. The molecule has 1 fully saturated rings. The maximum absolute atomic E-state index is 11.3. The molecular weight excluding hydrogens is 212 g/mol. The van der Waals surface area contributed by atoms with Crippen LogP contribution in [0.3, 0.4) is 0 Å². The molecule has 1 atom stereocenters. The van der Waals surface area contributed by atoms with Gasteiger partial charge in [0.05, 0.1) is 18.7 Å². The standard InChI is InChI=1S/C10H16N2O4/c1-6(2)16-9(14)5-11-7-3-4-8(13)12-10(7)15/h6-7,11H,3-5H2,1-2H3,(H,12,13,15). The average molecular weight is 228 g/mol. The molecule has 90 valence electrons. The van der Waals surface area contributed by atoms with Crippen LogP contribution in [-0.2, 0) is 19.1 Å². The summed E-state index contributed by atoms with van der Waals surface area (Å²) < 4.78 is 4.90. The molecule has 16 heavy (non-hydrogen) atoms. The highest BCUT2D eigenvalue weighted by Gasteiger charge is 2.26. The Labute approximate surface area is 93.7 Å². The van der Waals surface area contributed by atoms with Gasteiger partial charge < -0.3 is 4.74 Å². The number of piperidine rings is 1. The van der Waals surface area contributed by atoms with Crippen molar-refractivity contribution in [2.45, 2.75) is 38.8 Å². The molecule has 6 nitrogen and oxygen atoms in total. The van der Waals surface area contributed by atoms with Crippen molar-refractivity contribution in [3.8, 4) is 0 Å². The number of hydrogen-bond acceptors (Lipinski definition) is 5. The van der Waals surface area contributed by atoms with Gasteiger partial charge in [0.25, 0.3) is 0 Å². The molecule has 6 heteroatoms. The molecule has 0 radical (unpaired) electrons. The van der Waals surface area contributed by atoms with Crippen molar-refractivity contribution in [3.05, 3.63) is 0 Å². The van der Waals surface area contributed by atoms with Gasteiger partial charge in [-0.2, -0.15) is 0 Å². The topological polar surface area (TPSA) is 84.5 Å². The minimum atomic E-state index is -0.489. The first-order valence-electron chi connectivity index (χ1n) is 5.25. The molecule has 0 bridgehead atoms. The Kier molecular flexibility index (Phi) is 4.42. The smallest absolute Gasteiger partial charge is 0.320 e. The Balaban J connectivity index is 2.30. The van der Waals surface area contributed by atoms with Crippen molar-refractivity contribution in [2.75, 3.05) is 6.54 Å². The number of ether oxygens (including phenoxy) is 1. The van der Waals surface area contributed by atoms with E-state index in [1.54, 1.807) is 13.8 Å². The molecule has 0 saturated carbocycles. The third-order valence-electron chi connectivity index (χ3n) is 2.10. The fraction of sp³-hybridized carbons (Fsp3) is 0.700. The first kappa shape index (κ1) is 12.6. The van der Waals surface area contributed by atoms with Gasteiger partial charge in [-0.1, -0.05) is 0 Å². The Bertz CT molecular complexity index is 301. The van der Waals surface area contributed by atoms with Gasteiger partial charge in [0.15, 0.2) is 0 Å². The molecule has 1 unspecified atom stereocenters. The Morgan fingerprint density at radius 2 is 2.25 bits per heavy atom. The van der Waals surface area contributed by atoms with Crippen LogP contribution >= 0.6 is 0 Å². The third-order valence-corrected chi connectivity index (χ3v) is 2.10. The van der Waals surface area contributed by atoms with Crippen LogP contribution in [-0.4, -0.2) is 36.5 Å². The lowest BCUT2D eigenvalue weighted by atomic mass is 10.1. The lowest BCUT2D eigenvalue weighted by Crippen LogP contribution is -2.51. The van der Waals surface area contributed by atoms with Gasteiger partial charge in [-0.25, -0.2) is 0 Å². The lowest BCUT2D eigenvalue weighted by Gasteiger charge is -2.21. The quantitative estimate of drug-likeness (QED) is 0.492. The van der Waals surface area contributed by atoms with E-state index in [0.717, 1.165) is 0 Å². The van der Waals surface area contributed by atoms with E-state index in [2.05, 4.69) is 10.6 Å². The number of rotatable bonds is 4. The maximum Gasteiger partial charge on any atom is 0.320 e. The van der Waals surface area contributed by atoms with Crippen molar-refractivity contribution < 1.29 is 19.1 Å². The molecule has 1 heterocycles. The number of esters is 1. The van der Waals surface area contributed by atoms with E-state index >= 15 is 0 Å². The van der Waals surface area contributed by atoms with Crippen LogP contribution in [0, 0.1) is 0 Å². The molecule has 0 spiro atoms. The van der Waals surface area contributed by atoms with Gasteiger partial charge in [0, 0.05) is 6.42 Å². The molecule has 1 rings (SSSR count). The largest absolute Gasteiger partial charge is 0.462 e. The number of hydrogen-bond donors (Lipinski definition) is 2. The van der Waals surface area contributed by atoms with E-state index in [4.69, 9.17) is 4.74 Å². The predicted molar refractivity (Wildman–Crippen MR) is 55.4 cm³/mol. The summed E-state index contributed by atoms with van der Waals surface area (Å²) >= 11 is 0. The van der Waals surface area contributed by atoms with Gasteiger partial charge in [0.1, 0.15) is 0 Å². The molecule has 0 aromatic carbocycles. The normalized spacial score (nSPS) is 20.8. The van der Waals surface area contributed by atoms with Crippen molar-refractivity contribution in [1.29, 1.82) is 0 Å². The second kappa shape index (κ2) is 5.60. The summed E-state index contributed by atoms with van der Waals surface area (Å²) in [5.74, 6) is -1.05. The summed E-state index contributed by atoms with van der Waals surface area (Å²) in [4.78, 5) is 33.3. The van der Waals surface area contributed by atoms with Crippen molar-refractivity contribution in [3.63, 3.8) is 0 Å². The Morgan fingerprint density at radius 3 is 2.81 bits per heavy atom. The number of amides is 2. The molecule has 0 aliphatic carbocycles. The molecule has 0 aromatic rings. The minimum absolute atomic E-state index is 0.0234. The Hall–Kier alpha value is -1.43. The van der Waals surface area contributed by atoms with Gasteiger partial charge in [-0.15, -0.1) is 0 Å². The van der Waals surface area contributed by atoms with Crippen LogP contribution in [0.2, 0.25) is 0 Å². The van der Waals surface area contributed by atoms with E-state index in [1.807, 2.05) is 0 Å². The van der Waals surface area contributed by atoms with Crippen LogP contribution in [0.5, 0.6) is 0 Å². The van der Waals surface area contributed by atoms with Gasteiger partial charge in [-0.05, 0) is 20.3 Å². The zero-order valence-electron chi connectivity index (χ0n) is 9.41. The molecular formula is C10H16N2O4. The van der Waals surface area contributed by atoms with E-state index in [1.165, 1.54) is 0 Å². The third kappa shape index (κ3) is 3.98. The zero-order valence-corrected chi connectivity index (χ0v) is 9.41. The summed E-state index contributed by atoms with van der Waals surface area (Å²) in [7, 11) is 0. The average Bonchev–Trinajstić information content (AvgIpc) is 2.15. The molecule has 2 amide bonds. The fourth-order valence-electron chi connectivity index (χ4n) is 1.40. The van der Waals surface area contributed by atoms with E-state index in [0.29, 0.717) is 12.8 Å². The van der Waals surface area contributed by atoms with E-state index in [-0.39, 0.29) is 24.5 Å². The molecule has 0 aromatic heterocycles. The van der Waals surface area contributed by atoms with Crippen LogP contribution in [0.15, 0.2) is 0 Å². The highest BCUT2D eigenvalue weighted by atomic mass is 16.5. The number of imide groups is 1. The second-order valence-electron chi connectivity index (χ2n) is 3.92. The van der Waals surface area contributed by atoms with Gasteiger partial charge in [0.2, 0.25) is 11.8 Å². The fourth-order valence-corrected chi connectivity index (χ4v) is 1.40. The molecule has 1 aliphatic heterocycles. The van der Waals surface area contributed by atoms with Crippen LogP contribution in [0.4, 0.5) is 0 Å². The highest BCUT2D eigenvalue weighted by Crippen LogP contribution is 2.03. The van der Waals surface area contributed by atoms with Crippen molar-refractivity contribution >= 4 is 17.8 Å². The van der Waals surface area contributed by atoms with Crippen molar-refractivity contribution in [2.24, 2.45) is 0 Å². The molecule has 2 N–H and O–H groups in total. The lowest BCUT2D eigenvalue weighted by molar-refractivity contribution is -0.146. The van der Waals surface area contributed by atoms with E-state index < -0.39 is 12.0 Å². The summed E-state index contributed by atoms with van der Waals surface area (Å²) in [6.45, 7) is 3.48. The molecule has 1 aliphatic rings. The van der Waals surface area contributed by atoms with E-state index in [9.17, 15) is 14.4 Å². The number of carbonyl (C=O) groups excluding carboxylic acids is 3. The van der Waals surface area contributed by atoms with Crippen LogP contribution in [0.1, 0.15) is 26.7 Å². The van der Waals surface area contributed by atoms with Crippen molar-refractivity contribution in [1.82, 2.24) is 10.6 Å². The summed E-state index contributed by atoms with van der Waals surface area (Å²) in [6.07, 6.45) is 0.540. The maximum atomic E-state index is 11.3. The first-order valence-corrected chi connectivity index (χ1v) is 5.25. The van der Waals surface area contributed by atoms with Crippen LogP contribution in [0.25, 0.3) is 0 Å². The SMILES string of the molecule is CC(C)OC(=O)CNC1CCC(=O)NC1=O. The monoisotopic (exact) mass is 228 g/mol. The first-order chi connectivity index (χ1) is 7.49. The Morgan fingerprint density at radius 1 is 1.56 bits per heavy atom. The number of nitrogens with one attached hydrogen (secondary N) is 2. The predicted octanol–water partition coefficient (Wildman–Crippen LogP) is -0.667. The summed E-state index contributed by atoms with van der Waals surface area (Å²) in [5.41, 5.74) is 0. The van der Waals surface area contributed by atoms with Crippen LogP contribution < -0.4 is 10.6 Å². The number of carbonyl (C=O) groups is 3. The van der Waals surface area contributed by atoms with Gasteiger partial charge in [-0.3, -0.25) is 25.0 Å². The zero-order chi connectivity index (χ0) is 12.1. The van der Waals surface area contributed by atoms with Gasteiger partial charge >= 0.3 is 5.97 Å². The molecule has 1 saturated heterocycles.